The highest BCUT2D eigenvalue weighted by atomic mass is 16.5. The first-order valence-electron chi connectivity index (χ1n) is 7.56. The molecule has 3 heterocycles. The Kier molecular flexibility index (Phi) is 4.71. The van der Waals surface area contributed by atoms with E-state index in [-0.39, 0.29) is 0 Å². The number of pyridine rings is 1. The first-order valence-corrected chi connectivity index (χ1v) is 7.56. The molecule has 110 valence electrons. The van der Waals surface area contributed by atoms with Crippen LogP contribution >= 0.6 is 0 Å². The van der Waals surface area contributed by atoms with Gasteiger partial charge >= 0.3 is 0 Å². The molecular weight excluding hydrogens is 254 g/mol. The van der Waals surface area contributed by atoms with Crippen molar-refractivity contribution < 1.29 is 9.47 Å². The maximum Gasteiger partial charge on any atom is 0.171 e. The summed E-state index contributed by atoms with van der Waals surface area (Å²) in [5.41, 5.74) is 0. The van der Waals surface area contributed by atoms with Gasteiger partial charge in [0.2, 0.25) is 0 Å². The van der Waals surface area contributed by atoms with Gasteiger partial charge in [0.25, 0.3) is 0 Å². The van der Waals surface area contributed by atoms with Gasteiger partial charge in [-0.1, -0.05) is 0 Å². The molecule has 20 heavy (non-hydrogen) atoms. The largest absolute Gasteiger partial charge is 0.488 e. The van der Waals surface area contributed by atoms with E-state index in [1.165, 1.54) is 25.9 Å². The van der Waals surface area contributed by atoms with Crippen molar-refractivity contribution in [3.8, 4) is 5.75 Å². The van der Waals surface area contributed by atoms with Gasteiger partial charge in [0.05, 0.1) is 13.2 Å². The molecule has 0 amide bonds. The molecule has 0 N–H and O–H groups in total. The van der Waals surface area contributed by atoms with Crippen LogP contribution in [0.2, 0.25) is 0 Å². The second-order valence-corrected chi connectivity index (χ2v) is 5.32. The number of morpholine rings is 1. The smallest absolute Gasteiger partial charge is 0.171 e. The van der Waals surface area contributed by atoms with Crippen molar-refractivity contribution in [3.63, 3.8) is 0 Å². The molecule has 0 aromatic carbocycles. The van der Waals surface area contributed by atoms with E-state index in [9.17, 15) is 0 Å². The molecule has 3 rings (SSSR count). The third-order valence-electron chi connectivity index (χ3n) is 3.93. The molecule has 0 saturated carbocycles. The van der Waals surface area contributed by atoms with E-state index in [4.69, 9.17) is 9.47 Å². The molecule has 0 atom stereocenters. The van der Waals surface area contributed by atoms with Gasteiger partial charge in [0, 0.05) is 25.8 Å². The molecule has 5 heteroatoms. The topological polar surface area (TPSA) is 37.8 Å². The second-order valence-electron chi connectivity index (χ2n) is 5.32. The van der Waals surface area contributed by atoms with Crippen molar-refractivity contribution in [2.45, 2.75) is 12.8 Å². The molecule has 0 unspecified atom stereocenters. The van der Waals surface area contributed by atoms with Crippen LogP contribution in [-0.4, -0.2) is 62.4 Å². The highest BCUT2D eigenvalue weighted by molar-refractivity contribution is 5.52. The number of likely N-dealkylation sites (tertiary alicyclic amines) is 1. The zero-order valence-electron chi connectivity index (χ0n) is 12.0. The molecule has 0 radical (unpaired) electrons. The summed E-state index contributed by atoms with van der Waals surface area (Å²) < 4.78 is 11.4. The van der Waals surface area contributed by atoms with Crippen LogP contribution in [-0.2, 0) is 4.74 Å². The van der Waals surface area contributed by atoms with E-state index in [2.05, 4.69) is 14.8 Å². The number of rotatable bonds is 5. The Morgan fingerprint density at radius 1 is 1.15 bits per heavy atom. The van der Waals surface area contributed by atoms with Crippen LogP contribution in [0, 0.1) is 0 Å². The van der Waals surface area contributed by atoms with E-state index < -0.39 is 0 Å². The van der Waals surface area contributed by atoms with Gasteiger partial charge in [-0.15, -0.1) is 0 Å². The normalized spacial score (nSPS) is 20.3. The highest BCUT2D eigenvalue weighted by Crippen LogP contribution is 2.25. The highest BCUT2D eigenvalue weighted by Gasteiger charge is 2.17. The Balaban J connectivity index is 1.57. The Morgan fingerprint density at radius 2 is 1.95 bits per heavy atom. The predicted molar refractivity (Wildman–Crippen MR) is 78.4 cm³/mol. The fraction of sp³-hybridized carbons (Fsp3) is 0.667. The molecule has 2 aliphatic rings. The van der Waals surface area contributed by atoms with Crippen molar-refractivity contribution in [2.24, 2.45) is 0 Å². The third-order valence-corrected chi connectivity index (χ3v) is 3.93. The predicted octanol–water partition coefficient (Wildman–Crippen LogP) is 1.39. The number of hydrogen-bond donors (Lipinski definition) is 0. The molecule has 0 bridgehead atoms. The molecule has 2 aliphatic heterocycles. The van der Waals surface area contributed by atoms with Crippen LogP contribution in [0.25, 0.3) is 0 Å². The van der Waals surface area contributed by atoms with E-state index in [1.807, 2.05) is 18.3 Å². The van der Waals surface area contributed by atoms with Crippen molar-refractivity contribution in [3.05, 3.63) is 18.3 Å². The molecular formula is C15H23N3O2. The van der Waals surface area contributed by atoms with E-state index >= 15 is 0 Å². The lowest BCUT2D eigenvalue weighted by atomic mass is 10.3. The average molecular weight is 277 g/mol. The average Bonchev–Trinajstić information content (AvgIpc) is 3.02. The molecule has 0 spiro atoms. The van der Waals surface area contributed by atoms with Gasteiger partial charge in [0.15, 0.2) is 11.6 Å². The minimum Gasteiger partial charge on any atom is -0.488 e. The summed E-state index contributed by atoms with van der Waals surface area (Å²) in [6, 6.07) is 3.96. The van der Waals surface area contributed by atoms with Crippen LogP contribution in [0.3, 0.4) is 0 Å². The summed E-state index contributed by atoms with van der Waals surface area (Å²) in [6.45, 7) is 7.49. The third kappa shape index (κ3) is 3.41. The van der Waals surface area contributed by atoms with Crippen LogP contribution in [0.4, 0.5) is 5.82 Å². The fourth-order valence-corrected chi connectivity index (χ4v) is 2.80. The Morgan fingerprint density at radius 3 is 2.75 bits per heavy atom. The summed E-state index contributed by atoms with van der Waals surface area (Å²) >= 11 is 0. The van der Waals surface area contributed by atoms with Crippen LogP contribution < -0.4 is 9.64 Å². The zero-order chi connectivity index (χ0) is 13.6. The maximum absolute atomic E-state index is 5.97. The van der Waals surface area contributed by atoms with Crippen molar-refractivity contribution >= 4 is 5.82 Å². The SMILES string of the molecule is c1cnc(N2CCOCC2)c(OCCN2CCCC2)c1. The minimum absolute atomic E-state index is 0.739. The minimum atomic E-state index is 0.739. The Labute approximate surface area is 120 Å². The monoisotopic (exact) mass is 277 g/mol. The van der Waals surface area contributed by atoms with E-state index in [1.54, 1.807) is 0 Å². The number of anilines is 1. The molecule has 1 aromatic heterocycles. The van der Waals surface area contributed by atoms with Gasteiger partial charge in [-0.05, 0) is 38.1 Å². The van der Waals surface area contributed by atoms with Crippen molar-refractivity contribution in [1.82, 2.24) is 9.88 Å². The summed E-state index contributed by atoms with van der Waals surface area (Å²) in [5, 5.41) is 0. The van der Waals surface area contributed by atoms with Crippen LogP contribution in [0.5, 0.6) is 5.75 Å². The van der Waals surface area contributed by atoms with Crippen molar-refractivity contribution in [1.29, 1.82) is 0 Å². The zero-order valence-corrected chi connectivity index (χ0v) is 12.0. The van der Waals surface area contributed by atoms with Gasteiger partial charge in [-0.3, -0.25) is 4.90 Å². The molecule has 0 aliphatic carbocycles. The second kappa shape index (κ2) is 6.90. The number of aromatic nitrogens is 1. The first-order chi connectivity index (χ1) is 9.93. The van der Waals surface area contributed by atoms with E-state index in [0.29, 0.717) is 0 Å². The summed E-state index contributed by atoms with van der Waals surface area (Å²) in [5.74, 6) is 1.85. The lowest BCUT2D eigenvalue weighted by Crippen LogP contribution is -2.37. The lowest BCUT2D eigenvalue weighted by molar-refractivity contribution is 0.122. The van der Waals surface area contributed by atoms with Gasteiger partial charge in [0.1, 0.15) is 6.61 Å². The van der Waals surface area contributed by atoms with E-state index in [0.717, 1.165) is 51.0 Å². The molecule has 1 aromatic rings. The quantitative estimate of drug-likeness (QED) is 0.813. The molecule has 5 nitrogen and oxygen atoms in total. The summed E-state index contributed by atoms with van der Waals surface area (Å²) in [4.78, 5) is 9.19. The Hall–Kier alpha value is -1.33. The number of ether oxygens (including phenoxy) is 2. The number of nitrogens with zero attached hydrogens (tertiary/aromatic N) is 3. The van der Waals surface area contributed by atoms with Gasteiger partial charge in [-0.2, -0.15) is 0 Å². The number of hydrogen-bond acceptors (Lipinski definition) is 5. The van der Waals surface area contributed by atoms with Crippen LogP contribution in [0.15, 0.2) is 18.3 Å². The van der Waals surface area contributed by atoms with Gasteiger partial charge < -0.3 is 14.4 Å². The molecule has 2 saturated heterocycles. The first kappa shape index (κ1) is 13.6. The molecule has 2 fully saturated rings. The summed E-state index contributed by atoms with van der Waals surface area (Å²) in [6.07, 6.45) is 4.48. The lowest BCUT2D eigenvalue weighted by Gasteiger charge is -2.29. The summed E-state index contributed by atoms with van der Waals surface area (Å²) in [7, 11) is 0. The standard InChI is InChI=1S/C15H23N3O2/c1-2-7-17(6-1)8-13-20-14-4-3-5-16-15(14)18-9-11-19-12-10-18/h3-5H,1-2,6-13H2. The Bertz CT molecular complexity index is 415. The van der Waals surface area contributed by atoms with Crippen molar-refractivity contribution in [2.75, 3.05) is 57.4 Å². The maximum atomic E-state index is 5.97. The fourth-order valence-electron chi connectivity index (χ4n) is 2.80. The van der Waals surface area contributed by atoms with Crippen LogP contribution in [0.1, 0.15) is 12.8 Å². The van der Waals surface area contributed by atoms with Gasteiger partial charge in [-0.25, -0.2) is 4.98 Å².